The number of thioether (sulfide) groups is 1. The van der Waals surface area contributed by atoms with Crippen LogP contribution in [0.4, 0.5) is 10.6 Å². The monoisotopic (exact) mass is 449 g/mol. The Kier molecular flexibility index (Phi) is 7.82. The van der Waals surface area contributed by atoms with Gasteiger partial charge in [-0.05, 0) is 12.1 Å². The number of hydrogen-bond donors (Lipinski definition) is 4. The average molecular weight is 449 g/mol. The standard InChI is InChI=1S/C20H23N3O7S/c1-2-12-10-23(18-16(26)15(25)14(11-24)30-18)19(27)21-17(12)22-20(28)29-8-9-31-13-6-4-3-5-7-13/h2-7,10,14-16,18,24-26H,1,8-9,11H2,(H,21,22,27,28)/t14-,15-,16-,18?/m1/s1. The van der Waals surface area contributed by atoms with Gasteiger partial charge in [0.15, 0.2) is 6.23 Å². The van der Waals surface area contributed by atoms with Crippen LogP contribution in [-0.4, -0.2) is 68.2 Å². The fraction of sp³-hybridized carbons (Fsp3) is 0.350. The minimum atomic E-state index is -1.44. The van der Waals surface area contributed by atoms with Crippen LogP contribution >= 0.6 is 11.8 Å². The summed E-state index contributed by atoms with van der Waals surface area (Å²) in [5.74, 6) is 0.482. The number of carbonyl (C=O) groups excluding carboxylic acids is 1. The van der Waals surface area contributed by atoms with Crippen molar-refractivity contribution in [2.24, 2.45) is 0 Å². The lowest BCUT2D eigenvalue weighted by atomic mass is 10.1. The van der Waals surface area contributed by atoms with Crippen molar-refractivity contribution in [3.05, 3.63) is 59.2 Å². The highest BCUT2D eigenvalue weighted by molar-refractivity contribution is 7.99. The van der Waals surface area contributed by atoms with Gasteiger partial charge in [0.2, 0.25) is 0 Å². The molecule has 2 aromatic rings. The molecule has 0 spiro atoms. The maximum atomic E-state index is 12.4. The van der Waals surface area contributed by atoms with Gasteiger partial charge in [0.25, 0.3) is 0 Å². The molecule has 0 bridgehead atoms. The molecule has 11 heteroatoms. The Morgan fingerprint density at radius 3 is 2.71 bits per heavy atom. The molecule has 3 rings (SSSR count). The van der Waals surface area contributed by atoms with Gasteiger partial charge in [-0.15, -0.1) is 11.8 Å². The van der Waals surface area contributed by atoms with Crippen LogP contribution in [0.15, 0.2) is 52.8 Å². The molecule has 4 atom stereocenters. The zero-order chi connectivity index (χ0) is 22.4. The van der Waals surface area contributed by atoms with E-state index in [-0.39, 0.29) is 18.0 Å². The van der Waals surface area contributed by atoms with Gasteiger partial charge in [-0.3, -0.25) is 9.88 Å². The molecule has 1 aliphatic heterocycles. The summed E-state index contributed by atoms with van der Waals surface area (Å²) >= 11 is 1.53. The van der Waals surface area contributed by atoms with Crippen molar-refractivity contribution in [1.29, 1.82) is 0 Å². The van der Waals surface area contributed by atoms with E-state index in [0.717, 1.165) is 9.46 Å². The molecule has 0 aliphatic carbocycles. The first-order valence-corrected chi connectivity index (χ1v) is 10.4. The number of hydrogen-bond acceptors (Lipinski definition) is 9. The van der Waals surface area contributed by atoms with Crippen molar-refractivity contribution in [2.75, 3.05) is 24.3 Å². The van der Waals surface area contributed by atoms with Gasteiger partial charge in [-0.2, -0.15) is 4.98 Å². The summed E-state index contributed by atoms with van der Waals surface area (Å²) in [4.78, 5) is 29.3. The predicted octanol–water partition coefficient (Wildman–Crippen LogP) is 0.839. The largest absolute Gasteiger partial charge is 0.448 e. The van der Waals surface area contributed by atoms with Gasteiger partial charge in [0.1, 0.15) is 30.7 Å². The van der Waals surface area contributed by atoms with E-state index in [4.69, 9.17) is 9.47 Å². The van der Waals surface area contributed by atoms with Crippen molar-refractivity contribution >= 4 is 29.7 Å². The number of ether oxygens (including phenoxy) is 2. The second-order valence-electron chi connectivity index (χ2n) is 6.59. The SMILES string of the molecule is C=Cc1cn(C2O[C@H](CO)[C@@H](O)[C@H]2O)c(=O)nc1NC(=O)OCCSc1ccccc1. The molecule has 166 valence electrons. The summed E-state index contributed by atoms with van der Waals surface area (Å²) in [6.45, 7) is 3.25. The summed E-state index contributed by atoms with van der Waals surface area (Å²) in [6.07, 6.45) is -3.25. The molecular formula is C20H23N3O7S. The highest BCUT2D eigenvalue weighted by atomic mass is 32.2. The lowest BCUT2D eigenvalue weighted by molar-refractivity contribution is -0.0549. The van der Waals surface area contributed by atoms with Gasteiger partial charge in [-0.1, -0.05) is 30.9 Å². The van der Waals surface area contributed by atoms with E-state index >= 15 is 0 Å². The lowest BCUT2D eigenvalue weighted by Crippen LogP contribution is -2.36. The molecule has 4 N–H and O–H groups in total. The lowest BCUT2D eigenvalue weighted by Gasteiger charge is -2.18. The molecule has 1 aromatic carbocycles. The predicted molar refractivity (Wildman–Crippen MR) is 114 cm³/mol. The second kappa shape index (κ2) is 10.6. The highest BCUT2D eigenvalue weighted by Gasteiger charge is 2.43. The van der Waals surface area contributed by atoms with Crippen molar-refractivity contribution in [2.45, 2.75) is 29.4 Å². The Balaban J connectivity index is 1.63. The van der Waals surface area contributed by atoms with Crippen LogP contribution in [0.2, 0.25) is 0 Å². The Hall–Kier alpha value is -2.70. The molecular weight excluding hydrogens is 426 g/mol. The van der Waals surface area contributed by atoms with Crippen LogP contribution in [0.5, 0.6) is 0 Å². The molecule has 2 heterocycles. The average Bonchev–Trinajstić information content (AvgIpc) is 3.06. The number of benzene rings is 1. The Bertz CT molecular complexity index is 969. The number of amides is 1. The first-order chi connectivity index (χ1) is 14.9. The molecule has 1 aromatic heterocycles. The Morgan fingerprint density at radius 1 is 1.32 bits per heavy atom. The molecule has 31 heavy (non-hydrogen) atoms. The summed E-state index contributed by atoms with van der Waals surface area (Å²) < 4.78 is 11.4. The molecule has 1 unspecified atom stereocenters. The Morgan fingerprint density at radius 2 is 2.06 bits per heavy atom. The number of rotatable bonds is 8. The quantitative estimate of drug-likeness (QED) is 0.340. The fourth-order valence-electron chi connectivity index (χ4n) is 2.97. The Labute approximate surface area is 182 Å². The highest BCUT2D eigenvalue weighted by Crippen LogP contribution is 2.29. The normalized spacial score (nSPS) is 22.8. The van der Waals surface area contributed by atoms with Crippen molar-refractivity contribution in [1.82, 2.24) is 9.55 Å². The minimum Gasteiger partial charge on any atom is -0.448 e. The van der Waals surface area contributed by atoms with Crippen molar-refractivity contribution < 1.29 is 29.6 Å². The van der Waals surface area contributed by atoms with Crippen molar-refractivity contribution in [3.63, 3.8) is 0 Å². The van der Waals surface area contributed by atoms with Gasteiger partial charge in [0.05, 0.1) is 6.61 Å². The van der Waals surface area contributed by atoms with Crippen LogP contribution in [-0.2, 0) is 9.47 Å². The van der Waals surface area contributed by atoms with E-state index in [0.29, 0.717) is 5.75 Å². The molecule has 1 fully saturated rings. The summed E-state index contributed by atoms with van der Waals surface area (Å²) in [5, 5.41) is 31.6. The van der Waals surface area contributed by atoms with Crippen LogP contribution in [0.25, 0.3) is 6.08 Å². The van der Waals surface area contributed by atoms with Gasteiger partial charge in [0, 0.05) is 22.4 Å². The molecule has 0 radical (unpaired) electrons. The van der Waals surface area contributed by atoms with Gasteiger partial charge >= 0.3 is 11.8 Å². The third kappa shape index (κ3) is 5.51. The molecule has 10 nitrogen and oxygen atoms in total. The number of aliphatic hydroxyl groups is 3. The number of carbonyl (C=O) groups is 1. The van der Waals surface area contributed by atoms with Crippen LogP contribution in [0.1, 0.15) is 11.8 Å². The molecule has 0 saturated carbocycles. The summed E-state index contributed by atoms with van der Waals surface area (Å²) in [5.41, 5.74) is -0.566. The third-order valence-corrected chi connectivity index (χ3v) is 5.52. The van der Waals surface area contributed by atoms with E-state index in [1.54, 1.807) is 0 Å². The fourth-order valence-corrected chi connectivity index (χ4v) is 3.72. The minimum absolute atomic E-state index is 0.0660. The smallest absolute Gasteiger partial charge is 0.412 e. The van der Waals surface area contributed by atoms with E-state index in [1.165, 1.54) is 24.0 Å². The number of aliphatic hydroxyl groups excluding tert-OH is 3. The van der Waals surface area contributed by atoms with Crippen LogP contribution in [0, 0.1) is 0 Å². The first kappa shape index (κ1) is 23.0. The number of aromatic nitrogens is 2. The van der Waals surface area contributed by atoms with E-state index in [1.807, 2.05) is 30.3 Å². The maximum absolute atomic E-state index is 12.4. The van der Waals surface area contributed by atoms with Crippen LogP contribution < -0.4 is 11.0 Å². The van der Waals surface area contributed by atoms with Crippen molar-refractivity contribution in [3.8, 4) is 0 Å². The number of nitrogens with zero attached hydrogens (tertiary/aromatic N) is 2. The zero-order valence-corrected chi connectivity index (χ0v) is 17.3. The third-order valence-electron chi connectivity index (χ3n) is 4.54. The molecule has 1 aliphatic rings. The summed E-state index contributed by atoms with van der Waals surface area (Å²) in [6, 6.07) is 9.65. The van der Waals surface area contributed by atoms with Gasteiger partial charge < -0.3 is 24.8 Å². The molecule has 1 amide bonds. The first-order valence-electron chi connectivity index (χ1n) is 9.44. The molecule has 1 saturated heterocycles. The van der Waals surface area contributed by atoms with E-state index in [2.05, 4.69) is 16.9 Å². The number of nitrogens with one attached hydrogen (secondary N) is 1. The second-order valence-corrected chi connectivity index (χ2v) is 7.76. The zero-order valence-electron chi connectivity index (χ0n) is 16.5. The topological polar surface area (TPSA) is 143 Å². The maximum Gasteiger partial charge on any atom is 0.412 e. The number of anilines is 1. The van der Waals surface area contributed by atoms with E-state index in [9.17, 15) is 24.9 Å². The van der Waals surface area contributed by atoms with E-state index < -0.39 is 42.9 Å². The summed E-state index contributed by atoms with van der Waals surface area (Å²) in [7, 11) is 0. The van der Waals surface area contributed by atoms with Crippen LogP contribution in [0.3, 0.4) is 0 Å². The van der Waals surface area contributed by atoms with Gasteiger partial charge in [-0.25, -0.2) is 9.59 Å².